The number of aromatic nitrogens is 4. The number of rotatable bonds is 5. The molecule has 0 saturated heterocycles. The van der Waals surface area contributed by atoms with E-state index < -0.39 is 60.5 Å². The van der Waals surface area contributed by atoms with Crippen molar-refractivity contribution in [2.45, 2.75) is 23.0 Å². The second-order valence-corrected chi connectivity index (χ2v) is 9.85. The van der Waals surface area contributed by atoms with E-state index in [2.05, 4.69) is 15.5 Å². The minimum Gasteiger partial charge on any atom is -0.309 e. The molecule has 0 fully saturated rings. The molecule has 3 heterocycles. The van der Waals surface area contributed by atoms with E-state index in [1.165, 1.54) is 29.0 Å². The molecule has 0 radical (unpaired) electrons. The van der Waals surface area contributed by atoms with Crippen LogP contribution in [-0.2, 0) is 25.2 Å². The van der Waals surface area contributed by atoms with E-state index in [0.717, 1.165) is 6.92 Å². The lowest BCUT2D eigenvalue weighted by molar-refractivity contribution is -0.194. The van der Waals surface area contributed by atoms with Crippen molar-refractivity contribution in [3.8, 4) is 5.69 Å². The first-order chi connectivity index (χ1) is 16.3. The number of benzene rings is 1. The average Bonchev–Trinajstić information content (AvgIpc) is 3.32. The zero-order valence-corrected chi connectivity index (χ0v) is 18.8. The van der Waals surface area contributed by atoms with Crippen LogP contribution < -0.4 is 26.6 Å². The van der Waals surface area contributed by atoms with E-state index in [0.29, 0.717) is 4.57 Å². The maximum atomic E-state index is 14.5. The van der Waals surface area contributed by atoms with Gasteiger partial charge in [0, 0.05) is 6.92 Å². The fraction of sp³-hybridized carbons (Fsp3) is 0.176. The highest BCUT2D eigenvalue weighted by atomic mass is 32.2. The lowest BCUT2D eigenvalue weighted by Gasteiger charge is -2.29. The van der Waals surface area contributed by atoms with Crippen LogP contribution >= 0.6 is 11.3 Å². The molecule has 0 saturated carbocycles. The number of carbonyl (C=O) groups excluding carboxylic acids is 2. The Hall–Kier alpha value is -3.90. The van der Waals surface area contributed by atoms with Gasteiger partial charge in [-0.2, -0.15) is 17.9 Å². The fourth-order valence-corrected chi connectivity index (χ4v) is 5.60. The molecule has 2 amide bonds. The van der Waals surface area contributed by atoms with Crippen LogP contribution in [0.2, 0.25) is 0 Å². The maximum Gasteiger partial charge on any atom is 0.421 e. The molecule has 184 valence electrons. The largest absolute Gasteiger partial charge is 0.421 e. The molecule has 1 aromatic carbocycles. The standard InChI is InChI=1S/C17H12F3N7O6S2/c1-7(28)21-13-24-25-15(34-13)35(32,33)26-16(17(18,19)20)9-10(22-12(16)30)27(14(31)23-11(9)29)8-5-3-2-4-6-8/h2-6,26H,1H3,(H,22,30)(H,21,24,28)(H,23,29,31)/t16-/m1/s1. The number of hydrogen-bond donors (Lipinski definition) is 4. The number of nitrogens with one attached hydrogen (secondary N) is 4. The number of halogens is 3. The van der Waals surface area contributed by atoms with Crippen molar-refractivity contribution in [3.63, 3.8) is 0 Å². The van der Waals surface area contributed by atoms with Gasteiger partial charge < -0.3 is 10.6 Å². The molecule has 0 unspecified atom stereocenters. The molecule has 0 spiro atoms. The first-order valence-corrected chi connectivity index (χ1v) is 11.6. The summed E-state index contributed by atoms with van der Waals surface area (Å²) in [6.07, 6.45) is -5.70. The topological polar surface area (TPSA) is 185 Å². The summed E-state index contributed by atoms with van der Waals surface area (Å²) in [5.74, 6) is -3.50. The zero-order chi connectivity index (χ0) is 25.8. The highest BCUT2D eigenvalue weighted by Crippen LogP contribution is 2.46. The first-order valence-electron chi connectivity index (χ1n) is 9.26. The summed E-state index contributed by atoms with van der Waals surface area (Å²) in [4.78, 5) is 50.7. The van der Waals surface area contributed by atoms with Gasteiger partial charge in [-0.15, -0.1) is 10.2 Å². The predicted octanol–water partition coefficient (Wildman–Crippen LogP) is 0.0239. The number of alkyl halides is 3. The molecule has 13 nitrogen and oxygen atoms in total. The van der Waals surface area contributed by atoms with Crippen LogP contribution in [0.1, 0.15) is 12.5 Å². The Labute approximate surface area is 196 Å². The Balaban J connectivity index is 1.95. The lowest BCUT2D eigenvalue weighted by Crippen LogP contribution is -2.61. The monoisotopic (exact) mass is 531 g/mol. The van der Waals surface area contributed by atoms with Crippen LogP contribution in [0.15, 0.2) is 44.3 Å². The summed E-state index contributed by atoms with van der Waals surface area (Å²) in [7, 11) is -5.26. The highest BCUT2D eigenvalue weighted by molar-refractivity contribution is 7.91. The molecule has 4 N–H and O–H groups in total. The number of hydrogen-bond acceptors (Lipinski definition) is 9. The van der Waals surface area contributed by atoms with Gasteiger partial charge in [0.2, 0.25) is 20.9 Å². The maximum absolute atomic E-state index is 14.5. The van der Waals surface area contributed by atoms with Gasteiger partial charge in [0.05, 0.1) is 11.3 Å². The van der Waals surface area contributed by atoms with E-state index in [1.807, 2.05) is 5.32 Å². The van der Waals surface area contributed by atoms with Crippen LogP contribution in [0.5, 0.6) is 0 Å². The third-order valence-corrected chi connectivity index (χ3v) is 7.36. The average molecular weight is 531 g/mol. The SMILES string of the molecule is CC(=O)Nc1nnc(S(=O)(=O)N[C@@]2(C(F)(F)F)C(=O)Nc3c2c(=O)[nH]c(=O)n3-c2ccccc2)s1. The van der Waals surface area contributed by atoms with Crippen molar-refractivity contribution in [1.29, 1.82) is 0 Å². The number of H-pyrrole nitrogens is 1. The van der Waals surface area contributed by atoms with Gasteiger partial charge in [-0.3, -0.25) is 19.4 Å². The molecule has 18 heteroatoms. The molecular weight excluding hydrogens is 519 g/mol. The third-order valence-electron chi connectivity index (χ3n) is 4.70. The second kappa shape index (κ2) is 8.10. The van der Waals surface area contributed by atoms with Gasteiger partial charge in [-0.05, 0) is 12.1 Å². The summed E-state index contributed by atoms with van der Waals surface area (Å²) < 4.78 is 69.9. The summed E-state index contributed by atoms with van der Waals surface area (Å²) in [6, 6.07) is 7.06. The number of anilines is 2. The Morgan fingerprint density at radius 3 is 2.40 bits per heavy atom. The predicted molar refractivity (Wildman–Crippen MR) is 114 cm³/mol. The first kappa shape index (κ1) is 24.2. The summed E-state index contributed by atoms with van der Waals surface area (Å²) >= 11 is 0.205. The lowest BCUT2D eigenvalue weighted by atomic mass is 9.93. The molecule has 35 heavy (non-hydrogen) atoms. The Morgan fingerprint density at radius 1 is 1.14 bits per heavy atom. The molecule has 1 aliphatic rings. The van der Waals surface area contributed by atoms with Gasteiger partial charge in [-0.1, -0.05) is 29.5 Å². The Bertz CT molecular complexity index is 1580. The number of nitrogens with zero attached hydrogens (tertiary/aromatic N) is 3. The van der Waals surface area contributed by atoms with Crippen molar-refractivity contribution >= 4 is 44.1 Å². The zero-order valence-electron chi connectivity index (χ0n) is 17.1. The number of para-hydroxylation sites is 1. The molecule has 1 atom stereocenters. The minimum absolute atomic E-state index is 0.0183. The molecule has 3 aromatic rings. The van der Waals surface area contributed by atoms with Crippen LogP contribution in [0.25, 0.3) is 5.69 Å². The van der Waals surface area contributed by atoms with Crippen LogP contribution in [0.4, 0.5) is 24.1 Å². The van der Waals surface area contributed by atoms with Crippen LogP contribution in [0.3, 0.4) is 0 Å². The van der Waals surface area contributed by atoms with E-state index in [-0.39, 0.29) is 22.2 Å². The smallest absolute Gasteiger partial charge is 0.309 e. The summed E-state index contributed by atoms with van der Waals surface area (Å²) in [5, 5.41) is 10.2. The van der Waals surface area contributed by atoms with Gasteiger partial charge in [-0.25, -0.2) is 17.8 Å². The number of aromatic amines is 1. The van der Waals surface area contributed by atoms with Gasteiger partial charge >= 0.3 is 11.9 Å². The van der Waals surface area contributed by atoms with E-state index in [9.17, 15) is 40.8 Å². The van der Waals surface area contributed by atoms with Crippen molar-refractivity contribution in [2.75, 3.05) is 10.6 Å². The number of sulfonamides is 1. The van der Waals surface area contributed by atoms with Gasteiger partial charge in [0.1, 0.15) is 5.82 Å². The van der Waals surface area contributed by atoms with Crippen molar-refractivity contribution in [3.05, 3.63) is 56.7 Å². The third kappa shape index (κ3) is 3.90. The summed E-state index contributed by atoms with van der Waals surface area (Å²) in [6.45, 7) is 1.07. The number of carbonyl (C=O) groups is 2. The van der Waals surface area contributed by atoms with Crippen molar-refractivity contribution < 1.29 is 31.2 Å². The van der Waals surface area contributed by atoms with E-state index in [1.54, 1.807) is 11.1 Å². The van der Waals surface area contributed by atoms with Crippen LogP contribution in [0, 0.1) is 0 Å². The minimum atomic E-state index is -5.70. The second-order valence-electron chi connectivity index (χ2n) is 7.02. The Kier molecular flexibility index (Phi) is 5.61. The van der Waals surface area contributed by atoms with Crippen molar-refractivity contribution in [1.82, 2.24) is 24.5 Å². The van der Waals surface area contributed by atoms with Gasteiger partial charge in [0.25, 0.3) is 21.5 Å². The molecule has 4 rings (SSSR count). The fourth-order valence-electron chi connectivity index (χ4n) is 3.33. The number of amides is 2. The quantitative estimate of drug-likeness (QED) is 0.332. The molecule has 0 aliphatic carbocycles. The molecule has 1 aliphatic heterocycles. The molecular formula is C17H12F3N7O6S2. The highest BCUT2D eigenvalue weighted by Gasteiger charge is 2.69. The number of fused-ring (bicyclic) bond motifs is 1. The van der Waals surface area contributed by atoms with Crippen molar-refractivity contribution in [2.24, 2.45) is 0 Å². The van der Waals surface area contributed by atoms with Gasteiger partial charge in [0.15, 0.2) is 0 Å². The normalized spacial score (nSPS) is 17.7. The van der Waals surface area contributed by atoms with E-state index >= 15 is 0 Å². The molecule has 2 aromatic heterocycles. The van der Waals surface area contributed by atoms with E-state index in [4.69, 9.17) is 0 Å². The Morgan fingerprint density at radius 2 is 1.80 bits per heavy atom. The van der Waals surface area contributed by atoms with Crippen LogP contribution in [-0.4, -0.2) is 46.2 Å². The molecule has 0 bridgehead atoms. The summed E-state index contributed by atoms with van der Waals surface area (Å²) in [5.41, 5.74) is -8.36.